The van der Waals surface area contributed by atoms with Gasteiger partial charge in [0.05, 0.1) is 43.2 Å². The van der Waals surface area contributed by atoms with Crippen LogP contribution in [0.4, 0.5) is 0 Å². The lowest BCUT2D eigenvalue weighted by molar-refractivity contribution is 0.0908. The minimum absolute atomic E-state index is 0.246. The number of imidazole rings is 1. The van der Waals surface area contributed by atoms with Gasteiger partial charge in [0, 0.05) is 17.7 Å². The zero-order chi connectivity index (χ0) is 17.5. The summed E-state index contributed by atoms with van der Waals surface area (Å²) in [4.78, 5) is 21.3. The Bertz CT molecular complexity index is 925. The summed E-state index contributed by atoms with van der Waals surface area (Å²) >= 11 is 0. The summed E-state index contributed by atoms with van der Waals surface area (Å²) in [6.07, 6.45) is 3.30. The van der Waals surface area contributed by atoms with Gasteiger partial charge in [-0.05, 0) is 20.8 Å². The van der Waals surface area contributed by atoms with E-state index in [4.69, 9.17) is 9.47 Å². The second-order valence-corrected chi connectivity index (χ2v) is 6.50. The van der Waals surface area contributed by atoms with Crippen LogP contribution in [0.1, 0.15) is 31.4 Å². The van der Waals surface area contributed by atoms with Gasteiger partial charge >= 0.3 is 0 Å². The molecule has 2 aromatic heterocycles. The number of aromatic nitrogens is 3. The monoisotopic (exact) mass is 328 g/mol. The third-order valence-corrected chi connectivity index (χ3v) is 3.54. The molecule has 0 fully saturated rings. The normalized spacial score (nSPS) is 11.7. The number of benzene rings is 1. The molecule has 0 spiro atoms. The molecule has 7 heteroatoms. The highest BCUT2D eigenvalue weighted by Gasteiger charge is 2.21. The number of ether oxygens (including phenoxy) is 2. The first kappa shape index (κ1) is 16.0. The molecule has 3 aromatic rings. The van der Waals surface area contributed by atoms with E-state index in [1.807, 2.05) is 20.8 Å². The molecule has 3 rings (SSSR count). The number of nitrogens with zero attached hydrogens (tertiary/aromatic N) is 3. The maximum absolute atomic E-state index is 12.6. The second-order valence-electron chi connectivity index (χ2n) is 6.50. The van der Waals surface area contributed by atoms with E-state index in [1.54, 1.807) is 43.1 Å². The van der Waals surface area contributed by atoms with E-state index >= 15 is 0 Å². The van der Waals surface area contributed by atoms with Crippen LogP contribution in [0, 0.1) is 0 Å². The lowest BCUT2D eigenvalue weighted by Gasteiger charge is -2.20. The molecular weight excluding hydrogens is 308 g/mol. The van der Waals surface area contributed by atoms with Crippen LogP contribution in [-0.2, 0) is 0 Å². The van der Waals surface area contributed by atoms with Gasteiger partial charge in [-0.15, -0.1) is 0 Å². The van der Waals surface area contributed by atoms with Gasteiger partial charge in [-0.3, -0.25) is 14.2 Å². The molecule has 0 aliphatic rings. The molecule has 0 aliphatic heterocycles. The first-order chi connectivity index (χ1) is 11.3. The maximum atomic E-state index is 12.6. The molecule has 0 atom stereocenters. The zero-order valence-corrected chi connectivity index (χ0v) is 14.4. The van der Waals surface area contributed by atoms with Gasteiger partial charge < -0.3 is 14.8 Å². The number of rotatable bonds is 3. The number of carbonyl (C=O) groups excluding carboxylic acids is 1. The summed E-state index contributed by atoms with van der Waals surface area (Å²) in [5.41, 5.74) is 1.78. The Hall–Kier alpha value is -2.83. The van der Waals surface area contributed by atoms with Crippen molar-refractivity contribution in [2.45, 2.75) is 26.3 Å². The summed E-state index contributed by atoms with van der Waals surface area (Å²) < 4.78 is 12.4. The van der Waals surface area contributed by atoms with E-state index in [1.165, 1.54) is 0 Å². The molecule has 126 valence electrons. The highest BCUT2D eigenvalue weighted by Crippen LogP contribution is 2.32. The summed E-state index contributed by atoms with van der Waals surface area (Å²) in [6, 6.07) is 3.57. The highest BCUT2D eigenvalue weighted by atomic mass is 16.5. The fourth-order valence-corrected chi connectivity index (χ4v) is 2.54. The molecule has 0 saturated heterocycles. The van der Waals surface area contributed by atoms with E-state index in [-0.39, 0.29) is 11.4 Å². The molecule has 0 unspecified atom stereocenters. The van der Waals surface area contributed by atoms with Crippen molar-refractivity contribution in [3.8, 4) is 11.5 Å². The lowest BCUT2D eigenvalue weighted by atomic mass is 10.1. The fourth-order valence-electron chi connectivity index (χ4n) is 2.54. The largest absolute Gasteiger partial charge is 0.493 e. The summed E-state index contributed by atoms with van der Waals surface area (Å²) in [5, 5.41) is 2.93. The Balaban J connectivity index is 2.26. The summed E-state index contributed by atoms with van der Waals surface area (Å²) in [5.74, 6) is 1.21. The first-order valence-electron chi connectivity index (χ1n) is 7.55. The Kier molecular flexibility index (Phi) is 3.79. The minimum atomic E-state index is -0.355. The van der Waals surface area contributed by atoms with Crippen molar-refractivity contribution in [3.05, 3.63) is 30.4 Å². The second kappa shape index (κ2) is 5.67. The molecule has 1 N–H and O–H groups in total. The Morgan fingerprint density at radius 1 is 1.08 bits per heavy atom. The molecule has 0 saturated carbocycles. The quantitative estimate of drug-likeness (QED) is 0.799. The average molecular weight is 328 g/mol. The Morgan fingerprint density at radius 2 is 1.71 bits per heavy atom. The summed E-state index contributed by atoms with van der Waals surface area (Å²) in [7, 11) is 3.14. The van der Waals surface area contributed by atoms with Crippen LogP contribution in [0.2, 0.25) is 0 Å². The van der Waals surface area contributed by atoms with Crippen molar-refractivity contribution in [1.82, 2.24) is 19.7 Å². The van der Waals surface area contributed by atoms with Gasteiger partial charge in [0.1, 0.15) is 0 Å². The Morgan fingerprint density at radius 3 is 2.33 bits per heavy atom. The third-order valence-electron chi connectivity index (χ3n) is 3.54. The van der Waals surface area contributed by atoms with Crippen LogP contribution in [0.3, 0.4) is 0 Å². The van der Waals surface area contributed by atoms with Crippen LogP contribution < -0.4 is 14.8 Å². The predicted molar refractivity (Wildman–Crippen MR) is 90.8 cm³/mol. The van der Waals surface area contributed by atoms with Gasteiger partial charge in [0.25, 0.3) is 5.91 Å². The van der Waals surface area contributed by atoms with Crippen LogP contribution in [-0.4, -0.2) is 40.0 Å². The van der Waals surface area contributed by atoms with Crippen molar-refractivity contribution in [3.63, 3.8) is 0 Å². The van der Waals surface area contributed by atoms with Crippen molar-refractivity contribution in [2.24, 2.45) is 0 Å². The third kappa shape index (κ3) is 2.73. The number of methoxy groups -OCH3 is 2. The van der Waals surface area contributed by atoms with Gasteiger partial charge in [0.15, 0.2) is 11.5 Å². The number of hydrogen-bond acceptors (Lipinski definition) is 5. The van der Waals surface area contributed by atoms with Gasteiger partial charge in [-0.25, -0.2) is 4.98 Å². The highest BCUT2D eigenvalue weighted by molar-refractivity contribution is 5.95. The number of carbonyl (C=O) groups is 1. The molecular formula is C17H20N4O3. The van der Waals surface area contributed by atoms with Crippen LogP contribution >= 0.6 is 0 Å². The Labute approximate surface area is 139 Å². The topological polar surface area (TPSA) is 77.8 Å². The molecule has 0 bridgehead atoms. The van der Waals surface area contributed by atoms with E-state index in [0.29, 0.717) is 22.8 Å². The lowest BCUT2D eigenvalue weighted by Crippen LogP contribution is -2.41. The molecule has 1 aromatic carbocycles. The van der Waals surface area contributed by atoms with Crippen molar-refractivity contribution >= 4 is 22.5 Å². The van der Waals surface area contributed by atoms with E-state index in [9.17, 15) is 4.79 Å². The smallest absolute Gasteiger partial charge is 0.288 e. The van der Waals surface area contributed by atoms with Crippen LogP contribution in [0.25, 0.3) is 16.6 Å². The van der Waals surface area contributed by atoms with Gasteiger partial charge in [0.2, 0.25) is 5.82 Å². The molecule has 7 nitrogen and oxygen atoms in total. The predicted octanol–water partition coefficient (Wildman–Crippen LogP) is 2.43. The van der Waals surface area contributed by atoms with Crippen LogP contribution in [0.5, 0.6) is 11.5 Å². The number of fused-ring (bicyclic) bond motifs is 3. The first-order valence-corrected chi connectivity index (χ1v) is 7.55. The minimum Gasteiger partial charge on any atom is -0.493 e. The molecule has 0 aliphatic carbocycles. The van der Waals surface area contributed by atoms with Gasteiger partial charge in [-0.1, -0.05) is 0 Å². The standard InChI is InChI=1S/C17H20N4O3/c1-17(2,3)20-16(22)15-19-9-10-8-18-11-6-13(23-4)14(24-5)7-12(11)21(10)15/h6-9H,1-5H3,(H,20,22). The maximum Gasteiger partial charge on any atom is 0.288 e. The van der Waals surface area contributed by atoms with Crippen molar-refractivity contribution < 1.29 is 14.3 Å². The van der Waals surface area contributed by atoms with E-state index in [0.717, 1.165) is 11.0 Å². The molecule has 0 radical (unpaired) electrons. The van der Waals surface area contributed by atoms with Gasteiger partial charge in [-0.2, -0.15) is 0 Å². The number of amides is 1. The van der Waals surface area contributed by atoms with E-state index < -0.39 is 0 Å². The fraction of sp³-hybridized carbons (Fsp3) is 0.353. The SMILES string of the molecule is COc1cc2ncc3cnc(C(=O)NC(C)(C)C)n3c2cc1OC. The average Bonchev–Trinajstić information content (AvgIpc) is 2.96. The van der Waals surface area contributed by atoms with Crippen molar-refractivity contribution in [2.75, 3.05) is 14.2 Å². The number of nitrogens with one attached hydrogen (secondary N) is 1. The number of hydrogen-bond donors (Lipinski definition) is 1. The molecule has 2 heterocycles. The molecule has 24 heavy (non-hydrogen) atoms. The van der Waals surface area contributed by atoms with E-state index in [2.05, 4.69) is 15.3 Å². The zero-order valence-electron chi connectivity index (χ0n) is 14.4. The van der Waals surface area contributed by atoms with Crippen LogP contribution in [0.15, 0.2) is 24.5 Å². The molecule has 1 amide bonds. The summed E-state index contributed by atoms with van der Waals surface area (Å²) in [6.45, 7) is 5.77. The van der Waals surface area contributed by atoms with Crippen molar-refractivity contribution in [1.29, 1.82) is 0 Å².